The molecule has 16 heteroatoms. The Morgan fingerprint density at radius 3 is 2.20 bits per heavy atom. The number of carboxylic acids is 1. The topological polar surface area (TPSA) is 267 Å². The summed E-state index contributed by atoms with van der Waals surface area (Å²) in [6.45, 7) is 0.844. The molecule has 0 aromatic carbocycles. The van der Waals surface area contributed by atoms with Gasteiger partial charge in [0, 0.05) is 6.42 Å². The Morgan fingerprint density at radius 1 is 1.06 bits per heavy atom. The maximum atomic E-state index is 12.6. The second-order valence-corrected chi connectivity index (χ2v) is 7.86. The van der Waals surface area contributed by atoms with Crippen molar-refractivity contribution >= 4 is 29.6 Å². The lowest BCUT2D eigenvalue weighted by molar-refractivity contribution is -0.266. The fraction of sp³-hybridized carbons (Fsp3) is 0.737. The second kappa shape index (κ2) is 13.9. The van der Waals surface area contributed by atoms with E-state index in [4.69, 9.17) is 25.4 Å². The first-order valence-corrected chi connectivity index (χ1v) is 10.6. The first-order chi connectivity index (χ1) is 16.3. The van der Waals surface area contributed by atoms with Gasteiger partial charge in [0.15, 0.2) is 6.29 Å². The van der Waals surface area contributed by atoms with Gasteiger partial charge in [-0.3, -0.25) is 24.0 Å². The van der Waals surface area contributed by atoms with Gasteiger partial charge >= 0.3 is 5.97 Å². The van der Waals surface area contributed by atoms with Crippen LogP contribution in [0.2, 0.25) is 0 Å². The van der Waals surface area contributed by atoms with E-state index in [1.54, 1.807) is 0 Å². The Bertz CT molecular complexity index is 781. The Kier molecular flexibility index (Phi) is 11.9. The van der Waals surface area contributed by atoms with Crippen molar-refractivity contribution < 1.29 is 59.0 Å². The zero-order valence-electron chi connectivity index (χ0n) is 19.1. The fourth-order valence-corrected chi connectivity index (χ4v) is 3.18. The molecule has 8 atom stereocenters. The van der Waals surface area contributed by atoms with Crippen molar-refractivity contribution in [3.63, 3.8) is 0 Å². The molecule has 0 aromatic rings. The van der Waals surface area contributed by atoms with E-state index in [1.807, 2.05) is 0 Å². The van der Waals surface area contributed by atoms with E-state index in [-0.39, 0.29) is 6.42 Å². The summed E-state index contributed by atoms with van der Waals surface area (Å²) in [4.78, 5) is 58.6. The smallest absolute Gasteiger partial charge is 0.303 e. The van der Waals surface area contributed by atoms with Crippen molar-refractivity contribution in [1.82, 2.24) is 16.0 Å². The molecular formula is C19H32N4O12. The van der Waals surface area contributed by atoms with Crippen LogP contribution < -0.4 is 21.7 Å². The Morgan fingerprint density at radius 2 is 1.69 bits per heavy atom. The molecule has 200 valence electrons. The number of carbonyl (C=O) groups excluding carboxylic acids is 4. The van der Waals surface area contributed by atoms with Crippen molar-refractivity contribution in [1.29, 1.82) is 0 Å². The molecule has 1 rings (SSSR count). The quantitative estimate of drug-likeness (QED) is 0.113. The summed E-state index contributed by atoms with van der Waals surface area (Å²) in [7, 11) is 0. The van der Waals surface area contributed by atoms with Crippen LogP contribution in [0.15, 0.2) is 0 Å². The molecular weight excluding hydrogens is 476 g/mol. The van der Waals surface area contributed by atoms with Crippen LogP contribution in [0.1, 0.15) is 26.7 Å². The third-order valence-corrected chi connectivity index (χ3v) is 5.13. The third kappa shape index (κ3) is 9.00. The number of primary amides is 1. The van der Waals surface area contributed by atoms with E-state index < -0.39 is 98.1 Å². The van der Waals surface area contributed by atoms with Gasteiger partial charge in [-0.25, -0.2) is 0 Å². The molecule has 0 spiro atoms. The number of aliphatic carboxylic acids is 1. The lowest BCUT2D eigenvalue weighted by Gasteiger charge is -2.43. The van der Waals surface area contributed by atoms with Crippen LogP contribution in [-0.2, 0) is 33.4 Å². The molecule has 1 aliphatic rings. The van der Waals surface area contributed by atoms with Gasteiger partial charge in [0.1, 0.15) is 49.1 Å². The average Bonchev–Trinajstić information content (AvgIpc) is 2.79. The molecule has 10 N–H and O–H groups in total. The number of rotatable bonds is 13. The van der Waals surface area contributed by atoms with Crippen molar-refractivity contribution in [3.05, 3.63) is 0 Å². The molecule has 1 aliphatic heterocycles. The maximum absolute atomic E-state index is 12.6. The normalized spacial score (nSPS) is 26.6. The van der Waals surface area contributed by atoms with Crippen LogP contribution in [-0.4, -0.2) is 117 Å². The highest BCUT2D eigenvalue weighted by atomic mass is 16.6. The minimum Gasteiger partial charge on any atom is -0.481 e. The zero-order chi connectivity index (χ0) is 26.9. The van der Waals surface area contributed by atoms with E-state index in [0.717, 1.165) is 0 Å². The van der Waals surface area contributed by atoms with Gasteiger partial charge in [0.2, 0.25) is 23.6 Å². The maximum Gasteiger partial charge on any atom is 0.303 e. The summed E-state index contributed by atoms with van der Waals surface area (Å²) in [5.74, 6) is -4.80. The van der Waals surface area contributed by atoms with Crippen molar-refractivity contribution in [2.45, 2.75) is 75.5 Å². The van der Waals surface area contributed by atoms with Crippen LogP contribution in [0, 0.1) is 0 Å². The number of aliphatic hydroxyl groups is 4. The number of ether oxygens (including phenoxy) is 2. The van der Waals surface area contributed by atoms with E-state index in [2.05, 4.69) is 16.0 Å². The lowest BCUT2D eigenvalue weighted by atomic mass is 9.96. The van der Waals surface area contributed by atoms with Gasteiger partial charge in [0.05, 0.1) is 6.61 Å². The summed E-state index contributed by atoms with van der Waals surface area (Å²) in [6, 6.07) is -3.92. The predicted octanol–water partition coefficient (Wildman–Crippen LogP) is -5.35. The number of carbonyl (C=O) groups is 5. The van der Waals surface area contributed by atoms with Gasteiger partial charge in [-0.1, -0.05) is 0 Å². The molecule has 0 bridgehead atoms. The van der Waals surface area contributed by atoms with Crippen LogP contribution in [0.5, 0.6) is 0 Å². The predicted molar refractivity (Wildman–Crippen MR) is 113 cm³/mol. The summed E-state index contributed by atoms with van der Waals surface area (Å²) in [6.07, 6.45) is -8.20. The second-order valence-electron chi connectivity index (χ2n) is 7.86. The number of aliphatic hydroxyl groups excluding tert-OH is 4. The van der Waals surface area contributed by atoms with E-state index >= 15 is 0 Å². The molecule has 0 aliphatic carbocycles. The van der Waals surface area contributed by atoms with Gasteiger partial charge in [-0.2, -0.15) is 0 Å². The minimum atomic E-state index is -1.76. The van der Waals surface area contributed by atoms with Crippen LogP contribution in [0.3, 0.4) is 0 Å². The molecule has 1 fully saturated rings. The van der Waals surface area contributed by atoms with Gasteiger partial charge in [0.25, 0.3) is 0 Å². The van der Waals surface area contributed by atoms with Gasteiger partial charge in [-0.05, 0) is 20.3 Å². The SMILES string of the molecule is CC(NC(=O)[C@@H](C)OC1C(NC(=O)CO)[C@@H](O)OC(CO)[C@H]1O)C(=O)NC(CCC(=O)O)C(N)=O. The highest BCUT2D eigenvalue weighted by Crippen LogP contribution is 2.23. The molecule has 4 amide bonds. The number of nitrogens with two attached hydrogens (primary N) is 1. The Hall–Kier alpha value is -2.89. The molecule has 0 radical (unpaired) electrons. The molecule has 5 unspecified atom stereocenters. The first-order valence-electron chi connectivity index (χ1n) is 10.6. The number of amides is 4. The Labute approximate surface area is 199 Å². The van der Waals surface area contributed by atoms with Gasteiger partial charge < -0.3 is 56.7 Å². The summed E-state index contributed by atoms with van der Waals surface area (Å²) in [5, 5.41) is 54.3. The summed E-state index contributed by atoms with van der Waals surface area (Å²) >= 11 is 0. The average molecular weight is 508 g/mol. The highest BCUT2D eigenvalue weighted by Gasteiger charge is 2.47. The van der Waals surface area contributed by atoms with E-state index in [9.17, 15) is 39.3 Å². The van der Waals surface area contributed by atoms with Crippen molar-refractivity contribution in [2.24, 2.45) is 5.73 Å². The van der Waals surface area contributed by atoms with Gasteiger partial charge in [-0.15, -0.1) is 0 Å². The standard InChI is InChI=1S/C19H32N4O12/c1-7(17(31)22-9(16(20)30)3-4-12(27)28)21-18(32)8(2)34-15-13(23-11(26)6-25)19(33)35-10(5-24)14(15)29/h7-10,13-15,19,24-25,29,33H,3-6H2,1-2H3,(H2,20,30)(H,21,32)(H,22,31)(H,23,26)(H,27,28)/t7?,8-,9?,10?,13?,14-,15?,19+/m1/s1. The number of carboxylic acid groups (broad SMARTS) is 1. The molecule has 1 heterocycles. The lowest BCUT2D eigenvalue weighted by Crippen LogP contribution is -2.66. The molecule has 16 nitrogen and oxygen atoms in total. The van der Waals surface area contributed by atoms with Crippen molar-refractivity contribution in [3.8, 4) is 0 Å². The highest BCUT2D eigenvalue weighted by molar-refractivity contribution is 5.92. The molecule has 0 saturated carbocycles. The number of hydrogen-bond acceptors (Lipinski definition) is 11. The minimum absolute atomic E-state index is 0.256. The zero-order valence-corrected chi connectivity index (χ0v) is 19.1. The fourth-order valence-electron chi connectivity index (χ4n) is 3.18. The Balaban J connectivity index is 2.83. The van der Waals surface area contributed by atoms with Crippen LogP contribution in [0.4, 0.5) is 0 Å². The molecule has 35 heavy (non-hydrogen) atoms. The van der Waals surface area contributed by atoms with Crippen LogP contribution in [0.25, 0.3) is 0 Å². The largest absolute Gasteiger partial charge is 0.481 e. The monoisotopic (exact) mass is 508 g/mol. The number of hydrogen-bond donors (Lipinski definition) is 9. The summed E-state index contributed by atoms with van der Waals surface area (Å²) < 4.78 is 10.5. The van der Waals surface area contributed by atoms with E-state index in [0.29, 0.717) is 0 Å². The van der Waals surface area contributed by atoms with Crippen molar-refractivity contribution in [2.75, 3.05) is 13.2 Å². The molecule has 0 aromatic heterocycles. The molecule has 1 saturated heterocycles. The van der Waals surface area contributed by atoms with E-state index in [1.165, 1.54) is 13.8 Å². The summed E-state index contributed by atoms with van der Waals surface area (Å²) in [5.41, 5.74) is 5.16. The first kappa shape index (κ1) is 30.1. The number of nitrogens with one attached hydrogen (secondary N) is 3. The third-order valence-electron chi connectivity index (χ3n) is 5.13. The van der Waals surface area contributed by atoms with Crippen LogP contribution >= 0.6 is 0 Å².